The quantitative estimate of drug-likeness (QED) is 0.810. The minimum absolute atomic E-state index is 0.386. The molecule has 2 N–H and O–H groups in total. The molecule has 18 heavy (non-hydrogen) atoms. The van der Waals surface area contributed by atoms with E-state index >= 15 is 0 Å². The third-order valence-corrected chi connectivity index (χ3v) is 5.95. The van der Waals surface area contributed by atoms with Crippen molar-refractivity contribution in [2.75, 3.05) is 6.54 Å². The van der Waals surface area contributed by atoms with Gasteiger partial charge in [0, 0.05) is 12.1 Å². The Morgan fingerprint density at radius 2 is 2.00 bits per heavy atom. The van der Waals surface area contributed by atoms with Crippen molar-refractivity contribution in [3.8, 4) is 0 Å². The van der Waals surface area contributed by atoms with Crippen LogP contribution < -0.4 is 10.0 Å². The molecule has 1 heterocycles. The van der Waals surface area contributed by atoms with E-state index in [9.17, 15) is 8.42 Å². The molecule has 104 valence electrons. The van der Waals surface area contributed by atoms with Crippen LogP contribution in [-0.2, 0) is 16.6 Å². The van der Waals surface area contributed by atoms with Crippen molar-refractivity contribution >= 4 is 21.4 Å². The number of sulfonamides is 1. The summed E-state index contributed by atoms with van der Waals surface area (Å²) < 4.78 is 27.5. The third-order valence-electron chi connectivity index (χ3n) is 2.77. The Labute approximate surface area is 114 Å². The van der Waals surface area contributed by atoms with Crippen LogP contribution in [0.15, 0.2) is 15.7 Å². The predicted octanol–water partition coefficient (Wildman–Crippen LogP) is 2.32. The molecule has 0 bridgehead atoms. The summed E-state index contributed by atoms with van der Waals surface area (Å²) in [6, 6.07) is 1.74. The van der Waals surface area contributed by atoms with Gasteiger partial charge >= 0.3 is 0 Å². The van der Waals surface area contributed by atoms with Crippen LogP contribution in [0.2, 0.25) is 0 Å². The minimum Gasteiger partial charge on any atom is -0.313 e. The summed E-state index contributed by atoms with van der Waals surface area (Å²) in [6.07, 6.45) is 0.752. The Balaban J connectivity index is 2.82. The zero-order chi connectivity index (χ0) is 13.8. The average molecular weight is 290 g/mol. The molecule has 0 saturated heterocycles. The number of hydrogen-bond acceptors (Lipinski definition) is 4. The average Bonchev–Trinajstić information content (AvgIpc) is 2.74. The topological polar surface area (TPSA) is 58.2 Å². The van der Waals surface area contributed by atoms with Crippen molar-refractivity contribution in [2.24, 2.45) is 0 Å². The molecule has 0 atom stereocenters. The van der Waals surface area contributed by atoms with E-state index < -0.39 is 15.6 Å². The zero-order valence-electron chi connectivity index (χ0n) is 11.4. The first-order valence-electron chi connectivity index (χ1n) is 6.13. The van der Waals surface area contributed by atoms with E-state index in [0.717, 1.165) is 18.5 Å². The van der Waals surface area contributed by atoms with Crippen LogP contribution in [0.3, 0.4) is 0 Å². The number of hydrogen-bond donors (Lipinski definition) is 2. The molecule has 0 aliphatic carbocycles. The van der Waals surface area contributed by atoms with Crippen molar-refractivity contribution in [2.45, 2.75) is 50.4 Å². The fourth-order valence-electron chi connectivity index (χ4n) is 1.34. The normalized spacial score (nSPS) is 12.9. The minimum atomic E-state index is -3.39. The van der Waals surface area contributed by atoms with E-state index in [0.29, 0.717) is 10.8 Å². The number of thiophene rings is 1. The summed E-state index contributed by atoms with van der Waals surface area (Å²) in [4.78, 5) is 0. The first-order chi connectivity index (χ1) is 8.30. The molecular formula is C12H22N2O2S2. The van der Waals surface area contributed by atoms with Gasteiger partial charge in [0.1, 0.15) is 4.21 Å². The SMILES string of the molecule is CCNCc1csc(S(=O)(=O)NC(C)(C)CC)c1. The molecule has 0 spiro atoms. The van der Waals surface area contributed by atoms with Crippen LogP contribution in [0.4, 0.5) is 0 Å². The number of nitrogens with one attached hydrogen (secondary N) is 2. The van der Waals surface area contributed by atoms with E-state index in [1.165, 1.54) is 11.3 Å². The van der Waals surface area contributed by atoms with Gasteiger partial charge in [-0.05, 0) is 43.8 Å². The maximum atomic E-state index is 12.2. The second-order valence-corrected chi connectivity index (χ2v) is 7.72. The van der Waals surface area contributed by atoms with Crippen LogP contribution in [0.25, 0.3) is 0 Å². The summed E-state index contributed by atoms with van der Waals surface area (Å²) in [5.74, 6) is 0. The Kier molecular flexibility index (Phi) is 5.33. The van der Waals surface area contributed by atoms with Crippen molar-refractivity contribution in [3.05, 3.63) is 17.0 Å². The Hall–Kier alpha value is -0.430. The van der Waals surface area contributed by atoms with Gasteiger partial charge in [0.15, 0.2) is 0 Å². The van der Waals surface area contributed by atoms with E-state index in [4.69, 9.17) is 0 Å². The Bertz CT molecular complexity index is 478. The van der Waals surface area contributed by atoms with Gasteiger partial charge < -0.3 is 5.32 Å². The molecule has 4 nitrogen and oxygen atoms in total. The molecule has 0 aliphatic heterocycles. The fraction of sp³-hybridized carbons (Fsp3) is 0.667. The maximum Gasteiger partial charge on any atom is 0.250 e. The first-order valence-corrected chi connectivity index (χ1v) is 8.49. The molecule has 1 rings (SSSR count). The maximum absolute atomic E-state index is 12.2. The molecular weight excluding hydrogens is 268 g/mol. The van der Waals surface area contributed by atoms with E-state index in [1.54, 1.807) is 6.07 Å². The van der Waals surface area contributed by atoms with Crippen molar-refractivity contribution in [3.63, 3.8) is 0 Å². The monoisotopic (exact) mass is 290 g/mol. The smallest absolute Gasteiger partial charge is 0.250 e. The van der Waals surface area contributed by atoms with Crippen molar-refractivity contribution in [1.82, 2.24) is 10.0 Å². The molecule has 1 aromatic heterocycles. The van der Waals surface area contributed by atoms with Gasteiger partial charge in [0.05, 0.1) is 0 Å². The molecule has 0 unspecified atom stereocenters. The second kappa shape index (κ2) is 6.14. The van der Waals surface area contributed by atoms with Crippen LogP contribution in [-0.4, -0.2) is 20.5 Å². The summed E-state index contributed by atoms with van der Waals surface area (Å²) >= 11 is 1.27. The molecule has 1 aromatic rings. The van der Waals surface area contributed by atoms with Gasteiger partial charge in [-0.15, -0.1) is 11.3 Å². The van der Waals surface area contributed by atoms with Gasteiger partial charge in [-0.3, -0.25) is 0 Å². The summed E-state index contributed by atoms with van der Waals surface area (Å²) in [6.45, 7) is 9.34. The van der Waals surface area contributed by atoms with Gasteiger partial charge in [0.2, 0.25) is 0 Å². The van der Waals surface area contributed by atoms with Gasteiger partial charge in [-0.2, -0.15) is 0 Å². The lowest BCUT2D eigenvalue weighted by Crippen LogP contribution is -2.42. The van der Waals surface area contributed by atoms with Gasteiger partial charge in [0.25, 0.3) is 10.0 Å². The largest absolute Gasteiger partial charge is 0.313 e. The summed E-state index contributed by atoms with van der Waals surface area (Å²) in [5, 5.41) is 5.07. The van der Waals surface area contributed by atoms with Gasteiger partial charge in [-0.1, -0.05) is 13.8 Å². The Morgan fingerprint density at radius 3 is 2.56 bits per heavy atom. The highest BCUT2D eigenvalue weighted by molar-refractivity contribution is 7.91. The predicted molar refractivity (Wildman–Crippen MR) is 76.4 cm³/mol. The molecule has 0 aliphatic rings. The molecule has 0 aromatic carbocycles. The highest BCUT2D eigenvalue weighted by Crippen LogP contribution is 2.22. The fourth-order valence-corrected chi connectivity index (χ4v) is 4.04. The highest BCUT2D eigenvalue weighted by Gasteiger charge is 2.25. The lowest BCUT2D eigenvalue weighted by atomic mass is 10.0. The van der Waals surface area contributed by atoms with Crippen molar-refractivity contribution < 1.29 is 8.42 Å². The number of rotatable bonds is 7. The standard InChI is InChI=1S/C12H22N2O2S2/c1-5-12(3,4)14-18(15,16)11-7-10(9-17-11)8-13-6-2/h7,9,13-14H,5-6,8H2,1-4H3. The molecule has 0 radical (unpaired) electrons. The molecule has 0 amide bonds. The van der Waals surface area contributed by atoms with Crippen LogP contribution in [0.1, 0.15) is 39.7 Å². The van der Waals surface area contributed by atoms with E-state index in [1.807, 2.05) is 33.1 Å². The molecule has 6 heteroatoms. The zero-order valence-corrected chi connectivity index (χ0v) is 13.0. The van der Waals surface area contributed by atoms with Crippen molar-refractivity contribution in [1.29, 1.82) is 0 Å². The van der Waals surface area contributed by atoms with Crippen LogP contribution in [0.5, 0.6) is 0 Å². The second-order valence-electron chi connectivity index (χ2n) is 4.90. The third kappa shape index (κ3) is 4.35. The lowest BCUT2D eigenvalue weighted by molar-refractivity contribution is 0.440. The van der Waals surface area contributed by atoms with E-state index in [2.05, 4.69) is 10.0 Å². The van der Waals surface area contributed by atoms with Crippen LogP contribution >= 0.6 is 11.3 Å². The van der Waals surface area contributed by atoms with E-state index in [-0.39, 0.29) is 0 Å². The highest BCUT2D eigenvalue weighted by atomic mass is 32.2. The summed E-state index contributed by atoms with van der Waals surface area (Å²) in [5.41, 5.74) is 0.599. The molecule has 0 fully saturated rings. The van der Waals surface area contributed by atoms with Gasteiger partial charge in [-0.25, -0.2) is 13.1 Å². The first kappa shape index (κ1) is 15.6. The summed E-state index contributed by atoms with van der Waals surface area (Å²) in [7, 11) is -3.39. The lowest BCUT2D eigenvalue weighted by Gasteiger charge is -2.23. The Morgan fingerprint density at radius 1 is 1.33 bits per heavy atom. The molecule has 0 saturated carbocycles. The van der Waals surface area contributed by atoms with Crippen LogP contribution in [0, 0.1) is 0 Å².